The van der Waals surface area contributed by atoms with E-state index < -0.39 is 0 Å². The van der Waals surface area contributed by atoms with Crippen molar-refractivity contribution in [2.24, 2.45) is 0 Å². The minimum absolute atomic E-state index is 0.189. The zero-order valence-corrected chi connectivity index (χ0v) is 13.2. The molecule has 0 aromatic carbocycles. The number of thiophene rings is 1. The van der Waals surface area contributed by atoms with E-state index in [1.54, 1.807) is 11.3 Å². The summed E-state index contributed by atoms with van der Waals surface area (Å²) < 4.78 is 10.0. The molecule has 8 heteroatoms. The number of ether oxygens (including phenoxy) is 1. The molecule has 0 bridgehead atoms. The van der Waals surface area contributed by atoms with Gasteiger partial charge in [-0.25, -0.2) is 0 Å². The van der Waals surface area contributed by atoms with Crippen LogP contribution in [0.25, 0.3) is 10.7 Å². The van der Waals surface area contributed by atoms with Gasteiger partial charge in [-0.15, -0.1) is 11.3 Å². The molecule has 0 N–H and O–H groups in total. The highest BCUT2D eigenvalue weighted by Crippen LogP contribution is 2.21. The highest BCUT2D eigenvalue weighted by molar-refractivity contribution is 7.13. The van der Waals surface area contributed by atoms with Gasteiger partial charge in [0.2, 0.25) is 11.7 Å². The molecule has 0 atom stereocenters. The summed E-state index contributed by atoms with van der Waals surface area (Å²) in [7, 11) is 1.42. The number of rotatable bonds is 5. The predicted molar refractivity (Wildman–Crippen MR) is 81.3 cm³/mol. The molecule has 22 heavy (non-hydrogen) atoms. The van der Waals surface area contributed by atoms with Crippen LogP contribution in [0.4, 0.5) is 0 Å². The molecule has 0 aliphatic carbocycles. The molecule has 0 unspecified atom stereocenters. The minimum Gasteiger partial charge on any atom is -0.468 e. The van der Waals surface area contributed by atoms with Crippen LogP contribution in [0.5, 0.6) is 0 Å². The largest absolute Gasteiger partial charge is 0.468 e. The van der Waals surface area contributed by atoms with Crippen molar-refractivity contribution in [3.63, 3.8) is 0 Å². The van der Waals surface area contributed by atoms with Crippen molar-refractivity contribution in [1.82, 2.24) is 19.9 Å². The summed E-state index contributed by atoms with van der Waals surface area (Å²) in [6.07, 6.45) is 0. The van der Waals surface area contributed by atoms with E-state index in [1.807, 2.05) is 17.5 Å². The van der Waals surface area contributed by atoms with Crippen molar-refractivity contribution in [2.45, 2.75) is 6.54 Å². The zero-order chi connectivity index (χ0) is 15.4. The van der Waals surface area contributed by atoms with Gasteiger partial charge in [-0.3, -0.25) is 14.6 Å². The molecular weight excluding hydrogens is 304 g/mol. The molecule has 1 saturated heterocycles. The first-order valence-electron chi connectivity index (χ1n) is 7.12. The quantitative estimate of drug-likeness (QED) is 0.763. The monoisotopic (exact) mass is 322 g/mol. The number of esters is 1. The maximum atomic E-state index is 11.3. The Morgan fingerprint density at radius 2 is 2.14 bits per heavy atom. The van der Waals surface area contributed by atoms with Gasteiger partial charge in [0.05, 0.1) is 25.1 Å². The van der Waals surface area contributed by atoms with Gasteiger partial charge >= 0.3 is 5.97 Å². The third kappa shape index (κ3) is 3.70. The van der Waals surface area contributed by atoms with Crippen molar-refractivity contribution >= 4 is 17.3 Å². The summed E-state index contributed by atoms with van der Waals surface area (Å²) in [5, 5.41) is 6.01. The van der Waals surface area contributed by atoms with E-state index in [4.69, 9.17) is 4.52 Å². The molecule has 1 aliphatic rings. The first-order valence-corrected chi connectivity index (χ1v) is 8.00. The van der Waals surface area contributed by atoms with E-state index in [-0.39, 0.29) is 5.97 Å². The molecule has 118 valence electrons. The molecule has 2 aromatic heterocycles. The van der Waals surface area contributed by atoms with Crippen molar-refractivity contribution in [1.29, 1.82) is 0 Å². The Kier molecular flexibility index (Phi) is 4.81. The Morgan fingerprint density at radius 1 is 1.36 bits per heavy atom. The summed E-state index contributed by atoms with van der Waals surface area (Å²) in [6, 6.07) is 3.95. The van der Waals surface area contributed by atoms with Gasteiger partial charge in [-0.2, -0.15) is 4.98 Å². The van der Waals surface area contributed by atoms with Crippen LogP contribution in [0.2, 0.25) is 0 Å². The summed E-state index contributed by atoms with van der Waals surface area (Å²) in [6.45, 7) is 4.40. The topological polar surface area (TPSA) is 71.7 Å². The number of carbonyl (C=O) groups is 1. The minimum atomic E-state index is -0.189. The number of piperazine rings is 1. The Labute approximate surface area is 132 Å². The molecule has 0 radical (unpaired) electrons. The van der Waals surface area contributed by atoms with E-state index >= 15 is 0 Å². The number of hydrogen-bond donors (Lipinski definition) is 0. The molecule has 0 amide bonds. The molecule has 0 saturated carbocycles. The lowest BCUT2D eigenvalue weighted by atomic mass is 10.3. The number of carbonyl (C=O) groups excluding carboxylic acids is 1. The molecule has 3 heterocycles. The van der Waals surface area contributed by atoms with Crippen molar-refractivity contribution in [2.75, 3.05) is 39.8 Å². The number of aromatic nitrogens is 2. The lowest BCUT2D eigenvalue weighted by Crippen LogP contribution is -2.47. The Hall–Kier alpha value is -1.77. The van der Waals surface area contributed by atoms with E-state index in [0.717, 1.165) is 31.1 Å². The maximum absolute atomic E-state index is 11.3. The van der Waals surface area contributed by atoms with Gasteiger partial charge in [0.25, 0.3) is 0 Å². The van der Waals surface area contributed by atoms with Crippen LogP contribution in [0.15, 0.2) is 22.0 Å². The lowest BCUT2D eigenvalue weighted by Gasteiger charge is -2.33. The number of hydrogen-bond acceptors (Lipinski definition) is 8. The molecule has 0 spiro atoms. The average molecular weight is 322 g/mol. The van der Waals surface area contributed by atoms with Crippen LogP contribution in [-0.2, 0) is 16.1 Å². The molecule has 1 fully saturated rings. The second-order valence-corrected chi connectivity index (χ2v) is 6.07. The Morgan fingerprint density at radius 3 is 2.82 bits per heavy atom. The molecule has 7 nitrogen and oxygen atoms in total. The third-order valence-corrected chi connectivity index (χ3v) is 4.48. The second-order valence-electron chi connectivity index (χ2n) is 5.12. The van der Waals surface area contributed by atoms with Crippen LogP contribution < -0.4 is 0 Å². The van der Waals surface area contributed by atoms with Gasteiger partial charge < -0.3 is 9.26 Å². The summed E-state index contributed by atoms with van der Waals surface area (Å²) in [5.41, 5.74) is 0. The fraction of sp³-hybridized carbons (Fsp3) is 0.500. The van der Waals surface area contributed by atoms with Crippen LogP contribution in [-0.4, -0.2) is 65.7 Å². The van der Waals surface area contributed by atoms with Gasteiger partial charge in [-0.1, -0.05) is 11.2 Å². The standard InChI is InChI=1S/C14H18N4O3S/c1-20-13(19)10-18-6-4-17(5-7-18)9-12-15-14(16-21-12)11-3-2-8-22-11/h2-3,8H,4-7,9-10H2,1H3. The summed E-state index contributed by atoms with van der Waals surface area (Å²) >= 11 is 1.59. The van der Waals surface area contributed by atoms with E-state index in [1.165, 1.54) is 7.11 Å². The van der Waals surface area contributed by atoms with E-state index in [9.17, 15) is 4.79 Å². The van der Waals surface area contributed by atoms with Crippen LogP contribution in [0.1, 0.15) is 5.89 Å². The lowest BCUT2D eigenvalue weighted by molar-refractivity contribution is -0.142. The van der Waals surface area contributed by atoms with Gasteiger partial charge in [0, 0.05) is 26.2 Å². The Balaban J connectivity index is 1.50. The SMILES string of the molecule is COC(=O)CN1CCN(Cc2nc(-c3cccs3)no2)CC1. The maximum Gasteiger partial charge on any atom is 0.319 e. The van der Waals surface area contributed by atoms with Gasteiger partial charge in [-0.05, 0) is 11.4 Å². The fourth-order valence-corrected chi connectivity index (χ4v) is 3.02. The Bertz CT molecular complexity index is 605. The highest BCUT2D eigenvalue weighted by Gasteiger charge is 2.21. The highest BCUT2D eigenvalue weighted by atomic mass is 32.1. The average Bonchev–Trinajstić information content (AvgIpc) is 3.20. The summed E-state index contributed by atoms with van der Waals surface area (Å²) in [4.78, 5) is 21.0. The van der Waals surface area contributed by atoms with Crippen LogP contribution >= 0.6 is 11.3 Å². The first-order chi connectivity index (χ1) is 10.7. The van der Waals surface area contributed by atoms with Crippen molar-refractivity contribution in [3.05, 3.63) is 23.4 Å². The fourth-order valence-electron chi connectivity index (χ4n) is 2.37. The van der Waals surface area contributed by atoms with Crippen LogP contribution in [0, 0.1) is 0 Å². The number of nitrogens with zero attached hydrogens (tertiary/aromatic N) is 4. The van der Waals surface area contributed by atoms with E-state index in [2.05, 4.69) is 24.7 Å². The van der Waals surface area contributed by atoms with Crippen LogP contribution in [0.3, 0.4) is 0 Å². The van der Waals surface area contributed by atoms with E-state index in [0.29, 0.717) is 24.8 Å². The molecule has 1 aliphatic heterocycles. The first kappa shape index (κ1) is 15.1. The number of methoxy groups -OCH3 is 1. The smallest absolute Gasteiger partial charge is 0.319 e. The van der Waals surface area contributed by atoms with Gasteiger partial charge in [0.1, 0.15) is 0 Å². The molecule has 3 rings (SSSR count). The third-order valence-electron chi connectivity index (χ3n) is 3.61. The predicted octanol–water partition coefficient (Wildman–Crippen LogP) is 1.09. The second kappa shape index (κ2) is 6.99. The van der Waals surface area contributed by atoms with Gasteiger partial charge in [0.15, 0.2) is 0 Å². The molecule has 2 aromatic rings. The van der Waals surface area contributed by atoms with Crippen molar-refractivity contribution < 1.29 is 14.1 Å². The molecular formula is C14H18N4O3S. The normalized spacial score (nSPS) is 16.8. The summed E-state index contributed by atoms with van der Waals surface area (Å²) in [5.74, 6) is 1.09. The zero-order valence-electron chi connectivity index (χ0n) is 12.4. The van der Waals surface area contributed by atoms with Crippen molar-refractivity contribution in [3.8, 4) is 10.7 Å².